The van der Waals surface area contributed by atoms with Crippen molar-refractivity contribution in [2.75, 3.05) is 6.61 Å². The fraction of sp³-hybridized carbons (Fsp3) is 0.667. The van der Waals surface area contributed by atoms with Crippen LogP contribution in [0.3, 0.4) is 0 Å². The van der Waals surface area contributed by atoms with Gasteiger partial charge < -0.3 is 4.74 Å². The molecule has 0 radical (unpaired) electrons. The molecule has 0 saturated carbocycles. The highest BCUT2D eigenvalue weighted by Gasteiger charge is 2.15. The van der Waals surface area contributed by atoms with Gasteiger partial charge in [0.05, 0.1) is 12.5 Å². The first kappa shape index (κ1) is 16.0. The van der Waals surface area contributed by atoms with Crippen molar-refractivity contribution in [2.45, 2.75) is 47.5 Å². The van der Waals surface area contributed by atoms with E-state index in [1.54, 1.807) is 0 Å². The van der Waals surface area contributed by atoms with Gasteiger partial charge in [-0.25, -0.2) is 0 Å². The Kier molecular flexibility index (Phi) is 7.60. The molecule has 17 heavy (non-hydrogen) atoms. The Bertz CT molecular complexity index is 285. The summed E-state index contributed by atoms with van der Waals surface area (Å²) in [5.41, 5.74) is 2.35. The van der Waals surface area contributed by atoms with E-state index in [1.807, 2.05) is 20.8 Å². The molecular weight excluding hydrogens is 212 g/mol. The zero-order chi connectivity index (χ0) is 13.4. The van der Waals surface area contributed by atoms with Crippen molar-refractivity contribution in [3.05, 3.63) is 23.8 Å². The zero-order valence-corrected chi connectivity index (χ0v) is 11.9. The summed E-state index contributed by atoms with van der Waals surface area (Å²) >= 11 is 0. The summed E-state index contributed by atoms with van der Waals surface area (Å²) in [7, 11) is 0. The zero-order valence-electron chi connectivity index (χ0n) is 11.9. The second kappa shape index (κ2) is 8.10. The molecule has 0 rings (SSSR count). The third-order valence-corrected chi connectivity index (χ3v) is 2.95. The topological polar surface area (TPSA) is 26.3 Å². The van der Waals surface area contributed by atoms with Gasteiger partial charge in [0.25, 0.3) is 0 Å². The molecule has 0 aliphatic heterocycles. The van der Waals surface area contributed by atoms with E-state index < -0.39 is 0 Å². The molecule has 2 heteroatoms. The van der Waals surface area contributed by atoms with Gasteiger partial charge in [-0.2, -0.15) is 0 Å². The number of carbonyl (C=O) groups is 1. The van der Waals surface area contributed by atoms with Crippen molar-refractivity contribution in [1.29, 1.82) is 0 Å². The van der Waals surface area contributed by atoms with Crippen LogP contribution < -0.4 is 0 Å². The van der Waals surface area contributed by atoms with Gasteiger partial charge in [-0.05, 0) is 33.6 Å². The van der Waals surface area contributed by atoms with Crippen LogP contribution in [0.4, 0.5) is 0 Å². The quantitative estimate of drug-likeness (QED) is 0.492. The Labute approximate surface area is 106 Å². The molecule has 0 N–H and O–H groups in total. The van der Waals surface area contributed by atoms with Crippen LogP contribution in [-0.4, -0.2) is 12.6 Å². The number of ether oxygens (including phenoxy) is 1. The molecule has 2 nitrogen and oxygen atoms in total. The van der Waals surface area contributed by atoms with Gasteiger partial charge in [0, 0.05) is 5.92 Å². The molecule has 0 bridgehead atoms. The van der Waals surface area contributed by atoms with Crippen molar-refractivity contribution in [1.82, 2.24) is 0 Å². The molecule has 0 aromatic rings. The summed E-state index contributed by atoms with van der Waals surface area (Å²) in [5.74, 6) is 0.123. The summed E-state index contributed by atoms with van der Waals surface area (Å²) in [6, 6.07) is 0. The van der Waals surface area contributed by atoms with Crippen molar-refractivity contribution < 1.29 is 9.53 Å². The molecular formula is C15H26O2. The maximum atomic E-state index is 11.6. The predicted octanol–water partition coefficient (Wildman–Crippen LogP) is 4.12. The molecule has 0 aliphatic carbocycles. The lowest BCUT2D eigenvalue weighted by atomic mass is 9.98. The number of hydrogen-bond donors (Lipinski definition) is 0. The third kappa shape index (κ3) is 6.98. The first-order chi connectivity index (χ1) is 7.88. The van der Waals surface area contributed by atoms with Crippen LogP contribution in [0.15, 0.2) is 23.8 Å². The summed E-state index contributed by atoms with van der Waals surface area (Å²) in [5, 5.41) is 0. The third-order valence-electron chi connectivity index (χ3n) is 2.95. The van der Waals surface area contributed by atoms with E-state index in [9.17, 15) is 4.79 Å². The highest BCUT2D eigenvalue weighted by Crippen LogP contribution is 2.16. The largest absolute Gasteiger partial charge is 0.465 e. The van der Waals surface area contributed by atoms with Crippen LogP contribution in [-0.2, 0) is 9.53 Å². The molecule has 98 valence electrons. The van der Waals surface area contributed by atoms with Crippen LogP contribution in [0, 0.1) is 11.8 Å². The van der Waals surface area contributed by atoms with Crippen molar-refractivity contribution in [3.8, 4) is 0 Å². The fourth-order valence-electron chi connectivity index (χ4n) is 1.28. The molecule has 0 fully saturated rings. The highest BCUT2D eigenvalue weighted by atomic mass is 16.5. The van der Waals surface area contributed by atoms with Gasteiger partial charge in [0.2, 0.25) is 0 Å². The van der Waals surface area contributed by atoms with Gasteiger partial charge in [0.1, 0.15) is 0 Å². The Balaban J connectivity index is 4.23. The standard InChI is InChI=1S/C15H26O2/c1-7-13(6)15(16)17-10-14(12(4)5)9-8-11(2)3/h8,13-14H,4,7,9-10H2,1-3,5-6H3. The van der Waals surface area contributed by atoms with E-state index in [2.05, 4.69) is 26.5 Å². The first-order valence-corrected chi connectivity index (χ1v) is 6.33. The predicted molar refractivity (Wildman–Crippen MR) is 72.8 cm³/mol. The van der Waals surface area contributed by atoms with Gasteiger partial charge >= 0.3 is 5.97 Å². The monoisotopic (exact) mass is 238 g/mol. The lowest BCUT2D eigenvalue weighted by Gasteiger charge is -2.17. The van der Waals surface area contributed by atoms with Crippen LogP contribution >= 0.6 is 0 Å². The average Bonchev–Trinajstić information content (AvgIpc) is 2.26. The van der Waals surface area contributed by atoms with E-state index in [-0.39, 0.29) is 17.8 Å². The molecule has 0 aromatic heterocycles. The molecule has 0 heterocycles. The van der Waals surface area contributed by atoms with E-state index in [4.69, 9.17) is 4.74 Å². The molecule has 0 aromatic carbocycles. The Morgan fingerprint density at radius 3 is 2.35 bits per heavy atom. The maximum absolute atomic E-state index is 11.6. The van der Waals surface area contributed by atoms with Crippen molar-refractivity contribution in [3.63, 3.8) is 0 Å². The number of allylic oxidation sites excluding steroid dienone is 2. The number of carbonyl (C=O) groups excluding carboxylic acids is 1. The molecule has 0 spiro atoms. The first-order valence-electron chi connectivity index (χ1n) is 6.33. The minimum absolute atomic E-state index is 0.00998. The Hall–Kier alpha value is -1.05. The van der Waals surface area contributed by atoms with Crippen LogP contribution in [0.25, 0.3) is 0 Å². The number of hydrogen-bond acceptors (Lipinski definition) is 2. The highest BCUT2D eigenvalue weighted by molar-refractivity contribution is 5.71. The van der Waals surface area contributed by atoms with Crippen molar-refractivity contribution in [2.24, 2.45) is 11.8 Å². The van der Waals surface area contributed by atoms with Gasteiger partial charge in [0.15, 0.2) is 0 Å². The molecule has 2 atom stereocenters. The molecule has 0 aliphatic rings. The lowest BCUT2D eigenvalue weighted by Crippen LogP contribution is -2.19. The van der Waals surface area contributed by atoms with E-state index in [1.165, 1.54) is 5.57 Å². The van der Waals surface area contributed by atoms with Crippen LogP contribution in [0.2, 0.25) is 0 Å². The van der Waals surface area contributed by atoms with E-state index in [0.717, 1.165) is 18.4 Å². The summed E-state index contributed by atoms with van der Waals surface area (Å²) in [6.07, 6.45) is 3.88. The molecule has 2 unspecified atom stereocenters. The minimum Gasteiger partial charge on any atom is -0.465 e. The Morgan fingerprint density at radius 1 is 1.35 bits per heavy atom. The molecule has 0 saturated heterocycles. The van der Waals surface area contributed by atoms with Gasteiger partial charge in [-0.15, -0.1) is 0 Å². The second-order valence-electron chi connectivity index (χ2n) is 5.00. The lowest BCUT2D eigenvalue weighted by molar-refractivity contribution is -0.149. The summed E-state index contributed by atoms with van der Waals surface area (Å²) in [6.45, 7) is 14.4. The van der Waals surface area contributed by atoms with Gasteiger partial charge in [-0.1, -0.05) is 37.6 Å². The van der Waals surface area contributed by atoms with E-state index >= 15 is 0 Å². The Morgan fingerprint density at radius 2 is 1.94 bits per heavy atom. The minimum atomic E-state index is -0.101. The van der Waals surface area contributed by atoms with Gasteiger partial charge in [-0.3, -0.25) is 4.79 Å². The fourth-order valence-corrected chi connectivity index (χ4v) is 1.28. The number of esters is 1. The average molecular weight is 238 g/mol. The van der Waals surface area contributed by atoms with Crippen LogP contribution in [0.1, 0.15) is 47.5 Å². The van der Waals surface area contributed by atoms with Crippen molar-refractivity contribution >= 4 is 5.97 Å². The SMILES string of the molecule is C=C(C)C(CC=C(C)C)COC(=O)C(C)CC. The maximum Gasteiger partial charge on any atom is 0.308 e. The van der Waals surface area contributed by atoms with Crippen LogP contribution in [0.5, 0.6) is 0 Å². The smallest absolute Gasteiger partial charge is 0.308 e. The second-order valence-corrected chi connectivity index (χ2v) is 5.00. The number of rotatable bonds is 7. The molecule has 0 amide bonds. The summed E-state index contributed by atoms with van der Waals surface area (Å²) in [4.78, 5) is 11.6. The van der Waals surface area contributed by atoms with E-state index in [0.29, 0.717) is 6.61 Å². The normalized spacial score (nSPS) is 13.7. The summed E-state index contributed by atoms with van der Waals surface area (Å²) < 4.78 is 5.32.